The van der Waals surface area contributed by atoms with Crippen molar-refractivity contribution in [2.45, 2.75) is 27.7 Å². The molecular formula is C35H35N3O5S2. The van der Waals surface area contributed by atoms with E-state index in [1.165, 1.54) is 33.1 Å². The van der Waals surface area contributed by atoms with Gasteiger partial charge in [0, 0.05) is 46.5 Å². The lowest BCUT2D eigenvalue weighted by molar-refractivity contribution is 0.111. The highest BCUT2D eigenvalue weighted by atomic mass is 32.1. The molecule has 0 amide bonds. The largest absolute Gasteiger partial charge is 0.360 e. The van der Waals surface area contributed by atoms with Crippen LogP contribution in [0.5, 0.6) is 0 Å². The van der Waals surface area contributed by atoms with E-state index in [9.17, 15) is 24.0 Å². The molecule has 0 atom stereocenters. The van der Waals surface area contributed by atoms with Gasteiger partial charge in [-0.05, 0) is 93.2 Å². The molecule has 5 heterocycles. The van der Waals surface area contributed by atoms with Crippen molar-refractivity contribution in [1.82, 2.24) is 14.5 Å². The number of aromatic amines is 1. The Kier molecular flexibility index (Phi) is 15.5. The van der Waals surface area contributed by atoms with Gasteiger partial charge in [0.05, 0.1) is 15.4 Å². The molecule has 5 aromatic heterocycles. The average Bonchev–Trinajstić information content (AvgIpc) is 3.86. The van der Waals surface area contributed by atoms with Crippen molar-refractivity contribution >= 4 is 65.0 Å². The van der Waals surface area contributed by atoms with Crippen molar-refractivity contribution in [1.29, 1.82) is 0 Å². The number of benzene rings is 1. The lowest BCUT2D eigenvalue weighted by Gasteiger charge is -1.92. The molecule has 232 valence electrons. The van der Waals surface area contributed by atoms with Crippen LogP contribution in [0.15, 0.2) is 84.5 Å². The van der Waals surface area contributed by atoms with E-state index in [4.69, 9.17) is 0 Å². The summed E-state index contributed by atoms with van der Waals surface area (Å²) in [5, 5.41) is 2.92. The smallest absolute Gasteiger partial charge is 0.168 e. The third-order valence-electron chi connectivity index (χ3n) is 6.02. The van der Waals surface area contributed by atoms with Crippen molar-refractivity contribution in [3.05, 3.63) is 133 Å². The van der Waals surface area contributed by atoms with Crippen LogP contribution in [0.4, 0.5) is 0 Å². The second-order valence-electron chi connectivity index (χ2n) is 9.55. The van der Waals surface area contributed by atoms with Crippen LogP contribution in [0.1, 0.15) is 72.4 Å². The second kappa shape index (κ2) is 19.3. The molecule has 1 N–H and O–H groups in total. The highest BCUT2D eigenvalue weighted by Gasteiger charge is 2.01. The Labute approximate surface area is 270 Å². The minimum Gasteiger partial charge on any atom is -0.360 e. The number of aryl methyl sites for hydroxylation is 5. The number of rotatable bonds is 5. The van der Waals surface area contributed by atoms with Gasteiger partial charge in [-0.15, -0.1) is 22.7 Å². The predicted molar refractivity (Wildman–Crippen MR) is 182 cm³/mol. The Morgan fingerprint density at radius 2 is 1.56 bits per heavy atom. The maximum Gasteiger partial charge on any atom is 0.168 e. The highest BCUT2D eigenvalue weighted by Crippen LogP contribution is 2.17. The van der Waals surface area contributed by atoms with Gasteiger partial charge in [0.2, 0.25) is 0 Å². The lowest BCUT2D eigenvalue weighted by atomic mass is 10.1. The van der Waals surface area contributed by atoms with Gasteiger partial charge in [-0.2, -0.15) is 0 Å². The van der Waals surface area contributed by atoms with Crippen LogP contribution in [0.2, 0.25) is 0 Å². The molecule has 0 radical (unpaired) electrons. The Hall–Kier alpha value is -5.06. The van der Waals surface area contributed by atoms with E-state index in [2.05, 4.69) is 9.97 Å². The third-order valence-corrected chi connectivity index (χ3v) is 7.89. The normalized spacial score (nSPS) is 9.44. The van der Waals surface area contributed by atoms with Gasteiger partial charge in [-0.25, -0.2) is 0 Å². The standard InChI is InChI=1S/C10H9NO.C7H7NO.C6H7NO.2C6H6OS/c1-7-2-3-10-9(4-7)8(6-12)5-11-10;1-6-3-2-4-7(5-9)8-6;1-7-4-2-3-6(7)5-8;1-5-2-3-8-6(5)4-7;1-5-2-3-6(4-7)8-5/h2-6,11H,1H3;2-5H,1H3;2-5H,1H3;2*2-4H,1H3. The van der Waals surface area contributed by atoms with Gasteiger partial charge in [0.15, 0.2) is 31.4 Å². The zero-order chi connectivity index (χ0) is 33.2. The first-order chi connectivity index (χ1) is 21.6. The molecule has 1 aromatic carbocycles. The van der Waals surface area contributed by atoms with Crippen molar-refractivity contribution < 1.29 is 24.0 Å². The number of nitrogens with zero attached hydrogens (tertiary/aromatic N) is 2. The summed E-state index contributed by atoms with van der Waals surface area (Å²) in [5.74, 6) is 0. The van der Waals surface area contributed by atoms with E-state index in [-0.39, 0.29) is 0 Å². The Morgan fingerprint density at radius 3 is 1.98 bits per heavy atom. The first-order valence-corrected chi connectivity index (χ1v) is 15.3. The van der Waals surface area contributed by atoms with E-state index >= 15 is 0 Å². The Bertz CT molecular complexity index is 1780. The van der Waals surface area contributed by atoms with Crippen molar-refractivity contribution in [3.63, 3.8) is 0 Å². The van der Waals surface area contributed by atoms with Crippen molar-refractivity contribution in [3.8, 4) is 0 Å². The molecule has 0 aliphatic rings. The Balaban J connectivity index is 0.000000198. The summed E-state index contributed by atoms with van der Waals surface area (Å²) in [7, 11) is 1.84. The molecular weight excluding hydrogens is 607 g/mol. The molecule has 0 aliphatic carbocycles. The Morgan fingerprint density at radius 1 is 0.778 bits per heavy atom. The van der Waals surface area contributed by atoms with Crippen LogP contribution in [-0.2, 0) is 7.05 Å². The minimum absolute atomic E-state index is 0.495. The van der Waals surface area contributed by atoms with E-state index in [0.717, 1.165) is 68.9 Å². The first kappa shape index (κ1) is 36.1. The van der Waals surface area contributed by atoms with Crippen molar-refractivity contribution in [2.24, 2.45) is 7.05 Å². The number of H-pyrrole nitrogens is 1. The molecule has 0 unspecified atom stereocenters. The van der Waals surface area contributed by atoms with Crippen LogP contribution in [0.25, 0.3) is 10.9 Å². The van der Waals surface area contributed by atoms with Gasteiger partial charge in [-0.1, -0.05) is 17.7 Å². The molecule has 10 heteroatoms. The fraction of sp³-hybridized carbons (Fsp3) is 0.143. The molecule has 0 saturated carbocycles. The molecule has 0 spiro atoms. The number of hydrogen-bond acceptors (Lipinski definition) is 8. The zero-order valence-corrected chi connectivity index (χ0v) is 27.4. The highest BCUT2D eigenvalue weighted by molar-refractivity contribution is 7.13. The first-order valence-electron chi connectivity index (χ1n) is 13.6. The number of aromatic nitrogens is 3. The summed E-state index contributed by atoms with van der Waals surface area (Å²) in [4.78, 5) is 60.7. The predicted octanol–water partition coefficient (Wildman–Crippen LogP) is 8.07. The minimum atomic E-state index is 0.495. The fourth-order valence-electron chi connectivity index (χ4n) is 3.60. The quantitative estimate of drug-likeness (QED) is 0.190. The second-order valence-corrected chi connectivity index (χ2v) is 11.8. The number of aldehydes is 5. The monoisotopic (exact) mass is 641 g/mol. The number of hydrogen-bond donors (Lipinski definition) is 1. The summed E-state index contributed by atoms with van der Waals surface area (Å²) in [6.45, 7) is 7.78. The van der Waals surface area contributed by atoms with Crippen LogP contribution in [0, 0.1) is 27.7 Å². The van der Waals surface area contributed by atoms with Gasteiger partial charge in [-0.3, -0.25) is 29.0 Å². The molecule has 6 aromatic rings. The van der Waals surface area contributed by atoms with E-state index in [1.54, 1.807) is 22.9 Å². The molecule has 0 bridgehead atoms. The van der Waals surface area contributed by atoms with Crippen LogP contribution in [-0.4, -0.2) is 46.0 Å². The van der Waals surface area contributed by atoms with Crippen LogP contribution >= 0.6 is 22.7 Å². The van der Waals surface area contributed by atoms with Crippen LogP contribution < -0.4 is 0 Å². The fourth-order valence-corrected chi connectivity index (χ4v) is 5.02. The average molecular weight is 642 g/mol. The van der Waals surface area contributed by atoms with Crippen molar-refractivity contribution in [2.75, 3.05) is 0 Å². The number of pyridine rings is 1. The molecule has 0 saturated heterocycles. The van der Waals surface area contributed by atoms with Gasteiger partial charge in [0.25, 0.3) is 0 Å². The number of fused-ring (bicyclic) bond motifs is 1. The summed E-state index contributed by atoms with van der Waals surface area (Å²) in [6.07, 6.45) is 7.78. The number of carbonyl (C=O) groups is 5. The number of nitrogens with one attached hydrogen (secondary N) is 1. The molecule has 8 nitrogen and oxygen atoms in total. The van der Waals surface area contributed by atoms with E-state index in [1.807, 2.05) is 101 Å². The molecule has 0 fully saturated rings. The van der Waals surface area contributed by atoms with E-state index < -0.39 is 0 Å². The number of thiophene rings is 2. The maximum atomic E-state index is 10.6. The molecule has 45 heavy (non-hydrogen) atoms. The maximum absolute atomic E-state index is 10.6. The van der Waals surface area contributed by atoms with Gasteiger partial charge in [0.1, 0.15) is 5.69 Å². The van der Waals surface area contributed by atoms with Gasteiger partial charge >= 0.3 is 0 Å². The van der Waals surface area contributed by atoms with Gasteiger partial charge < -0.3 is 9.55 Å². The molecule has 0 aliphatic heterocycles. The summed E-state index contributed by atoms with van der Waals surface area (Å²) < 4.78 is 1.77. The zero-order valence-electron chi connectivity index (χ0n) is 25.7. The summed E-state index contributed by atoms with van der Waals surface area (Å²) >= 11 is 3.00. The van der Waals surface area contributed by atoms with E-state index in [0.29, 0.717) is 11.4 Å². The number of carbonyl (C=O) groups excluding carboxylic acids is 5. The summed E-state index contributed by atoms with van der Waals surface area (Å²) in [5.41, 5.74) is 6.08. The summed E-state index contributed by atoms with van der Waals surface area (Å²) in [6, 6.07) is 20.7. The molecule has 6 rings (SSSR count). The third kappa shape index (κ3) is 12.2. The lowest BCUT2D eigenvalue weighted by Crippen LogP contribution is -1.90. The SMILES string of the molecule is Cc1ccc(C=O)s1.Cc1ccc2[nH]cc(C=O)c2c1.Cc1cccc(C=O)n1.Cc1ccsc1C=O.Cn1cccc1C=O. The van der Waals surface area contributed by atoms with Crippen LogP contribution in [0.3, 0.4) is 0 Å². The topological polar surface area (TPSA) is 119 Å².